The summed E-state index contributed by atoms with van der Waals surface area (Å²) in [6.45, 7) is 2.94. The van der Waals surface area contributed by atoms with Crippen molar-refractivity contribution >= 4 is 17.0 Å². The minimum absolute atomic E-state index is 0.259. The number of hydrogen-bond acceptors (Lipinski definition) is 8. The Morgan fingerprint density at radius 2 is 1.93 bits per heavy atom. The van der Waals surface area contributed by atoms with Gasteiger partial charge in [-0.15, -0.1) is 0 Å². The Bertz CT molecular complexity index is 1150. The van der Waals surface area contributed by atoms with E-state index in [1.54, 1.807) is 17.8 Å². The number of carbonyl (C=O) groups excluding carboxylic acids is 1. The maximum absolute atomic E-state index is 11.9. The van der Waals surface area contributed by atoms with E-state index in [4.69, 9.17) is 14.2 Å². The van der Waals surface area contributed by atoms with Gasteiger partial charge >= 0.3 is 5.97 Å². The van der Waals surface area contributed by atoms with Crippen LogP contribution >= 0.6 is 0 Å². The van der Waals surface area contributed by atoms with Crippen molar-refractivity contribution in [3.05, 3.63) is 54.5 Å². The van der Waals surface area contributed by atoms with Crippen LogP contribution in [0.5, 0.6) is 11.6 Å². The van der Waals surface area contributed by atoms with Gasteiger partial charge in [-0.25, -0.2) is 14.5 Å². The molecule has 0 aliphatic heterocycles. The Hall–Kier alpha value is -3.95. The Labute approximate surface area is 172 Å². The lowest BCUT2D eigenvalue weighted by molar-refractivity contribution is 0.0526. The summed E-state index contributed by atoms with van der Waals surface area (Å²) in [5, 5.41) is 8.53. The number of hydrogen-bond donors (Lipinski definition) is 0. The van der Waals surface area contributed by atoms with E-state index >= 15 is 0 Å². The Morgan fingerprint density at radius 1 is 1.10 bits per heavy atom. The quantitative estimate of drug-likeness (QED) is 0.409. The maximum atomic E-state index is 11.9. The van der Waals surface area contributed by atoms with Crippen LogP contribution in [0.1, 0.15) is 17.3 Å². The van der Waals surface area contributed by atoms with Crippen molar-refractivity contribution in [2.24, 2.45) is 0 Å². The van der Waals surface area contributed by atoms with Crippen LogP contribution in [0.3, 0.4) is 0 Å². The van der Waals surface area contributed by atoms with E-state index in [1.165, 1.54) is 24.2 Å². The first-order valence-electron chi connectivity index (χ1n) is 9.37. The summed E-state index contributed by atoms with van der Waals surface area (Å²) in [5.41, 5.74) is 1.55. The maximum Gasteiger partial charge on any atom is 0.341 e. The van der Waals surface area contributed by atoms with E-state index in [0.717, 1.165) is 5.75 Å². The number of nitrogens with zero attached hydrogens (tertiary/aromatic N) is 6. The monoisotopic (exact) mass is 408 g/mol. The second kappa shape index (κ2) is 8.60. The molecule has 4 aromatic rings. The van der Waals surface area contributed by atoms with Crippen LogP contribution in [0.4, 0.5) is 0 Å². The first kappa shape index (κ1) is 19.4. The van der Waals surface area contributed by atoms with Crippen LogP contribution in [0.15, 0.2) is 48.9 Å². The molecule has 30 heavy (non-hydrogen) atoms. The summed E-state index contributed by atoms with van der Waals surface area (Å²) in [4.78, 5) is 20.8. The van der Waals surface area contributed by atoms with Gasteiger partial charge in [-0.05, 0) is 19.1 Å². The van der Waals surface area contributed by atoms with Crippen LogP contribution in [-0.2, 0) is 11.3 Å². The van der Waals surface area contributed by atoms with Crippen molar-refractivity contribution in [2.75, 3.05) is 20.3 Å². The number of ether oxygens (including phenoxy) is 3. The summed E-state index contributed by atoms with van der Waals surface area (Å²) in [6.07, 6.45) is 4.54. The Kier molecular flexibility index (Phi) is 5.55. The fourth-order valence-electron chi connectivity index (χ4n) is 2.89. The Morgan fingerprint density at radius 3 is 2.70 bits per heavy atom. The average molecular weight is 408 g/mol. The smallest absolute Gasteiger partial charge is 0.341 e. The SMILES string of the molecule is CCOC(=O)c1cnn(-c2nc(OC)c3c(cnn3CCOc3ccccc3)n2)c1. The molecule has 10 nitrogen and oxygen atoms in total. The molecule has 10 heteroatoms. The third-order valence-electron chi connectivity index (χ3n) is 4.25. The van der Waals surface area contributed by atoms with Crippen LogP contribution in [0.2, 0.25) is 0 Å². The van der Waals surface area contributed by atoms with E-state index in [1.807, 2.05) is 30.3 Å². The first-order valence-corrected chi connectivity index (χ1v) is 9.37. The standard InChI is InChI=1S/C20H20N6O4/c1-3-29-19(27)14-11-21-26(13-14)20-23-16-12-22-25(17(16)18(24-20)28-2)9-10-30-15-7-5-4-6-8-15/h4-8,11-13H,3,9-10H2,1-2H3. The van der Waals surface area contributed by atoms with Gasteiger partial charge < -0.3 is 14.2 Å². The average Bonchev–Trinajstić information content (AvgIpc) is 3.42. The predicted octanol–water partition coefficient (Wildman–Crippen LogP) is 2.28. The highest BCUT2D eigenvalue weighted by atomic mass is 16.5. The molecule has 0 atom stereocenters. The molecule has 0 radical (unpaired) electrons. The van der Waals surface area contributed by atoms with E-state index in [0.29, 0.717) is 35.6 Å². The number of esters is 1. The molecule has 0 aliphatic rings. The van der Waals surface area contributed by atoms with Crippen molar-refractivity contribution in [2.45, 2.75) is 13.5 Å². The van der Waals surface area contributed by atoms with Crippen molar-refractivity contribution in [1.29, 1.82) is 0 Å². The molecule has 0 amide bonds. The molecular weight excluding hydrogens is 388 g/mol. The number of carbonyl (C=O) groups is 1. The number of benzene rings is 1. The highest BCUT2D eigenvalue weighted by molar-refractivity contribution is 5.88. The molecule has 0 N–H and O–H groups in total. The normalized spacial score (nSPS) is 10.9. The van der Waals surface area contributed by atoms with Crippen molar-refractivity contribution in [1.82, 2.24) is 29.5 Å². The first-order chi connectivity index (χ1) is 14.7. The summed E-state index contributed by atoms with van der Waals surface area (Å²) in [5.74, 6) is 0.939. The van der Waals surface area contributed by atoms with Gasteiger partial charge in [0.1, 0.15) is 23.4 Å². The molecule has 0 aliphatic carbocycles. The highest BCUT2D eigenvalue weighted by Crippen LogP contribution is 2.23. The van der Waals surface area contributed by atoms with Crippen LogP contribution in [-0.4, -0.2) is 55.8 Å². The molecule has 154 valence electrons. The molecule has 0 fully saturated rings. The highest BCUT2D eigenvalue weighted by Gasteiger charge is 2.17. The van der Waals surface area contributed by atoms with Crippen molar-refractivity contribution in [3.63, 3.8) is 0 Å². The molecule has 0 unspecified atom stereocenters. The minimum Gasteiger partial charge on any atom is -0.492 e. The molecular formula is C20H20N6O4. The molecule has 1 aromatic carbocycles. The molecule has 3 aromatic heterocycles. The summed E-state index contributed by atoms with van der Waals surface area (Å²) < 4.78 is 19.3. The fraction of sp³-hybridized carbons (Fsp3) is 0.250. The van der Waals surface area contributed by atoms with Gasteiger partial charge in [0.25, 0.3) is 5.95 Å². The van der Waals surface area contributed by atoms with E-state index in [-0.39, 0.29) is 12.6 Å². The van der Waals surface area contributed by atoms with E-state index < -0.39 is 5.97 Å². The summed E-state index contributed by atoms with van der Waals surface area (Å²) in [6, 6.07) is 9.56. The van der Waals surface area contributed by atoms with Gasteiger partial charge in [0.15, 0.2) is 0 Å². The predicted molar refractivity (Wildman–Crippen MR) is 107 cm³/mol. The van der Waals surface area contributed by atoms with Crippen molar-refractivity contribution in [3.8, 4) is 17.6 Å². The molecule has 0 bridgehead atoms. The third-order valence-corrected chi connectivity index (χ3v) is 4.25. The number of rotatable bonds is 8. The molecule has 3 heterocycles. The summed E-state index contributed by atoms with van der Waals surface area (Å²) in [7, 11) is 1.52. The lowest BCUT2D eigenvalue weighted by Crippen LogP contribution is -2.11. The second-order valence-corrected chi connectivity index (χ2v) is 6.19. The van der Waals surface area contributed by atoms with Gasteiger partial charge in [-0.3, -0.25) is 4.68 Å². The van der Waals surface area contributed by atoms with Gasteiger partial charge in [0.05, 0.1) is 38.2 Å². The third kappa shape index (κ3) is 3.93. The zero-order chi connectivity index (χ0) is 20.9. The molecule has 4 rings (SSSR count). The zero-order valence-corrected chi connectivity index (χ0v) is 16.6. The zero-order valence-electron chi connectivity index (χ0n) is 16.6. The van der Waals surface area contributed by atoms with Crippen LogP contribution in [0.25, 0.3) is 17.0 Å². The van der Waals surface area contributed by atoms with Crippen LogP contribution in [0, 0.1) is 0 Å². The molecule has 0 saturated carbocycles. The minimum atomic E-state index is -0.456. The molecule has 0 spiro atoms. The number of fused-ring (bicyclic) bond motifs is 1. The fourth-order valence-corrected chi connectivity index (χ4v) is 2.89. The number of methoxy groups -OCH3 is 1. The van der Waals surface area contributed by atoms with Crippen LogP contribution < -0.4 is 9.47 Å². The van der Waals surface area contributed by atoms with E-state index in [2.05, 4.69) is 20.2 Å². The topological polar surface area (TPSA) is 106 Å². The largest absolute Gasteiger partial charge is 0.492 e. The number of para-hydroxylation sites is 1. The second-order valence-electron chi connectivity index (χ2n) is 6.19. The van der Waals surface area contributed by atoms with Gasteiger partial charge in [-0.2, -0.15) is 15.2 Å². The molecule has 0 saturated heterocycles. The Balaban J connectivity index is 1.57. The van der Waals surface area contributed by atoms with Gasteiger partial charge in [0, 0.05) is 6.20 Å². The number of aromatic nitrogens is 6. The van der Waals surface area contributed by atoms with E-state index in [9.17, 15) is 4.79 Å². The van der Waals surface area contributed by atoms with Gasteiger partial charge in [0.2, 0.25) is 5.88 Å². The lowest BCUT2D eigenvalue weighted by atomic mass is 10.3. The lowest BCUT2D eigenvalue weighted by Gasteiger charge is -2.09. The summed E-state index contributed by atoms with van der Waals surface area (Å²) >= 11 is 0. The van der Waals surface area contributed by atoms with Crippen molar-refractivity contribution < 1.29 is 19.0 Å². The van der Waals surface area contributed by atoms with Gasteiger partial charge in [-0.1, -0.05) is 18.2 Å².